The Balaban J connectivity index is 2.00. The third-order valence-corrected chi connectivity index (χ3v) is 4.86. The number of nitrogens with zero attached hydrogens (tertiary/aromatic N) is 2. The van der Waals surface area contributed by atoms with E-state index < -0.39 is 40.7 Å². The number of methoxy groups -OCH3 is 1. The van der Waals surface area contributed by atoms with Crippen molar-refractivity contribution >= 4 is 23.4 Å². The Kier molecular flexibility index (Phi) is 6.52. The van der Waals surface area contributed by atoms with Crippen LogP contribution >= 0.6 is 0 Å². The van der Waals surface area contributed by atoms with Crippen LogP contribution in [0.1, 0.15) is 32.8 Å². The summed E-state index contributed by atoms with van der Waals surface area (Å²) in [5.41, 5.74) is -1.04. The second-order valence-corrected chi connectivity index (χ2v) is 7.03. The molecule has 1 aliphatic heterocycles. The van der Waals surface area contributed by atoms with Crippen LogP contribution in [0.4, 0.5) is 27.6 Å². The second kappa shape index (κ2) is 8.97. The standard InChI is InChI=1S/C22H19F5N2O3/c1-5-10(2)32-14-7-6-12(9-15(14)31-4)8-13-11(3)28-29(22(13)30)21-19(26)17(24)16(23)18(25)20(21)27/h6-10H,5H2,1-4H3/b13-8+/t10-/m0/s1. The average Bonchev–Trinajstić information content (AvgIpc) is 3.05. The molecule has 0 radical (unpaired) electrons. The Morgan fingerprint density at radius 2 is 1.62 bits per heavy atom. The van der Waals surface area contributed by atoms with Gasteiger partial charge in [0.1, 0.15) is 5.69 Å². The molecule has 0 spiro atoms. The highest BCUT2D eigenvalue weighted by molar-refractivity contribution is 6.32. The lowest BCUT2D eigenvalue weighted by Gasteiger charge is -2.16. The zero-order valence-electron chi connectivity index (χ0n) is 17.6. The quantitative estimate of drug-likeness (QED) is 0.255. The number of rotatable bonds is 6. The van der Waals surface area contributed by atoms with Crippen molar-refractivity contribution in [2.24, 2.45) is 5.10 Å². The Labute approximate surface area is 180 Å². The molecule has 32 heavy (non-hydrogen) atoms. The minimum atomic E-state index is -2.32. The van der Waals surface area contributed by atoms with Gasteiger partial charge in [-0.3, -0.25) is 4.79 Å². The van der Waals surface area contributed by atoms with Gasteiger partial charge in [-0.25, -0.2) is 22.0 Å². The second-order valence-electron chi connectivity index (χ2n) is 7.03. The lowest BCUT2D eigenvalue weighted by atomic mass is 10.1. The Morgan fingerprint density at radius 1 is 1.03 bits per heavy atom. The first-order valence-electron chi connectivity index (χ1n) is 9.58. The molecule has 0 fully saturated rings. The summed E-state index contributed by atoms with van der Waals surface area (Å²) in [7, 11) is 1.44. The summed E-state index contributed by atoms with van der Waals surface area (Å²) in [4.78, 5) is 12.8. The number of hydrogen-bond acceptors (Lipinski definition) is 4. The molecule has 0 saturated heterocycles. The maximum atomic E-state index is 14.2. The lowest BCUT2D eigenvalue weighted by molar-refractivity contribution is -0.114. The highest BCUT2D eigenvalue weighted by atomic mass is 19.2. The molecule has 2 aromatic carbocycles. The fourth-order valence-corrected chi connectivity index (χ4v) is 2.95. The van der Waals surface area contributed by atoms with Gasteiger partial charge in [0.2, 0.25) is 5.82 Å². The molecular weight excluding hydrogens is 435 g/mol. The number of amides is 1. The van der Waals surface area contributed by atoms with Gasteiger partial charge in [-0.1, -0.05) is 13.0 Å². The van der Waals surface area contributed by atoms with Crippen LogP contribution in [0, 0.1) is 29.1 Å². The predicted molar refractivity (Wildman–Crippen MR) is 108 cm³/mol. The largest absolute Gasteiger partial charge is 0.493 e. The van der Waals surface area contributed by atoms with Crippen molar-refractivity contribution in [2.75, 3.05) is 12.1 Å². The number of benzene rings is 2. The molecule has 1 aliphatic rings. The number of hydrogen-bond donors (Lipinski definition) is 0. The summed E-state index contributed by atoms with van der Waals surface area (Å²) in [5, 5.41) is 3.86. The van der Waals surface area contributed by atoms with Crippen LogP contribution in [0.3, 0.4) is 0 Å². The number of halogens is 5. The van der Waals surface area contributed by atoms with E-state index in [2.05, 4.69) is 5.10 Å². The minimum Gasteiger partial charge on any atom is -0.493 e. The van der Waals surface area contributed by atoms with Gasteiger partial charge in [0.15, 0.2) is 34.8 Å². The van der Waals surface area contributed by atoms with Crippen LogP contribution in [0.5, 0.6) is 11.5 Å². The van der Waals surface area contributed by atoms with E-state index in [9.17, 15) is 26.7 Å². The summed E-state index contributed by atoms with van der Waals surface area (Å²) in [5.74, 6) is -11.1. The van der Waals surface area contributed by atoms with E-state index in [1.54, 1.807) is 18.2 Å². The zero-order valence-corrected chi connectivity index (χ0v) is 17.6. The Hall–Kier alpha value is -3.43. The zero-order chi connectivity index (χ0) is 23.7. The molecule has 1 amide bonds. The van der Waals surface area contributed by atoms with Gasteiger partial charge in [-0.2, -0.15) is 10.1 Å². The number of carbonyl (C=O) groups is 1. The Morgan fingerprint density at radius 3 is 2.19 bits per heavy atom. The van der Waals surface area contributed by atoms with E-state index in [0.29, 0.717) is 17.1 Å². The van der Waals surface area contributed by atoms with E-state index in [1.165, 1.54) is 20.1 Å². The van der Waals surface area contributed by atoms with Crippen molar-refractivity contribution in [3.8, 4) is 11.5 Å². The van der Waals surface area contributed by atoms with Gasteiger partial charge < -0.3 is 9.47 Å². The van der Waals surface area contributed by atoms with Crippen LogP contribution in [0.2, 0.25) is 0 Å². The molecule has 0 aromatic heterocycles. The first-order valence-corrected chi connectivity index (χ1v) is 9.58. The summed E-state index contributed by atoms with van der Waals surface area (Å²) in [6, 6.07) is 4.83. The van der Waals surface area contributed by atoms with E-state index in [0.717, 1.165) is 6.42 Å². The molecule has 170 valence electrons. The van der Waals surface area contributed by atoms with E-state index in [1.807, 2.05) is 13.8 Å². The van der Waals surface area contributed by atoms with Gasteiger partial charge in [0.25, 0.3) is 5.91 Å². The van der Waals surface area contributed by atoms with Gasteiger partial charge in [0.05, 0.1) is 24.5 Å². The fraction of sp³-hybridized carbons (Fsp3) is 0.273. The van der Waals surface area contributed by atoms with Gasteiger partial charge in [0, 0.05) is 0 Å². The first-order chi connectivity index (χ1) is 15.1. The van der Waals surface area contributed by atoms with E-state index in [4.69, 9.17) is 9.47 Å². The van der Waals surface area contributed by atoms with Gasteiger partial charge in [-0.05, 0) is 44.0 Å². The molecule has 1 heterocycles. The van der Waals surface area contributed by atoms with Crippen LogP contribution in [0.25, 0.3) is 6.08 Å². The average molecular weight is 454 g/mol. The molecule has 5 nitrogen and oxygen atoms in total. The third kappa shape index (κ3) is 4.04. The highest BCUT2D eigenvalue weighted by Gasteiger charge is 2.37. The van der Waals surface area contributed by atoms with Crippen LogP contribution < -0.4 is 14.5 Å². The maximum Gasteiger partial charge on any atom is 0.280 e. The van der Waals surface area contributed by atoms with Crippen molar-refractivity contribution in [1.82, 2.24) is 0 Å². The molecule has 1 atom stereocenters. The topological polar surface area (TPSA) is 51.1 Å². The van der Waals surface area contributed by atoms with Crippen molar-refractivity contribution < 1.29 is 36.2 Å². The van der Waals surface area contributed by atoms with Crippen molar-refractivity contribution in [1.29, 1.82) is 0 Å². The SMILES string of the molecule is CC[C@H](C)Oc1ccc(/C=C2/C(=O)N(c3c(F)c(F)c(F)c(F)c3F)N=C2C)cc1OC. The molecule has 10 heteroatoms. The minimum absolute atomic E-state index is 0.0258. The maximum absolute atomic E-state index is 14.2. The van der Waals surface area contributed by atoms with E-state index in [-0.39, 0.29) is 22.4 Å². The van der Waals surface area contributed by atoms with Crippen molar-refractivity contribution in [3.63, 3.8) is 0 Å². The predicted octanol–water partition coefficient (Wildman–Crippen LogP) is 5.37. The van der Waals surface area contributed by atoms with Crippen LogP contribution in [-0.2, 0) is 4.79 Å². The molecule has 0 bridgehead atoms. The summed E-state index contributed by atoms with van der Waals surface area (Å²) in [6.45, 7) is 5.22. The first kappa shape index (κ1) is 23.2. The summed E-state index contributed by atoms with van der Waals surface area (Å²) in [6.07, 6.45) is 2.07. The number of hydrazone groups is 1. The summed E-state index contributed by atoms with van der Waals surface area (Å²) < 4.78 is 79.8. The number of carbonyl (C=O) groups excluding carboxylic acids is 1. The van der Waals surface area contributed by atoms with E-state index >= 15 is 0 Å². The third-order valence-electron chi connectivity index (χ3n) is 4.86. The monoisotopic (exact) mass is 454 g/mol. The van der Waals surface area contributed by atoms with Crippen LogP contribution in [0.15, 0.2) is 28.9 Å². The molecule has 3 rings (SSSR count). The van der Waals surface area contributed by atoms with Gasteiger partial charge in [-0.15, -0.1) is 0 Å². The molecule has 0 N–H and O–H groups in total. The molecule has 0 aliphatic carbocycles. The van der Waals surface area contributed by atoms with Gasteiger partial charge >= 0.3 is 0 Å². The number of ether oxygens (including phenoxy) is 2. The summed E-state index contributed by atoms with van der Waals surface area (Å²) >= 11 is 0. The highest BCUT2D eigenvalue weighted by Crippen LogP contribution is 2.35. The number of anilines is 1. The molecular formula is C22H19F5N2O3. The molecule has 0 unspecified atom stereocenters. The smallest absolute Gasteiger partial charge is 0.280 e. The van der Waals surface area contributed by atoms with Crippen molar-refractivity contribution in [3.05, 3.63) is 58.4 Å². The fourth-order valence-electron chi connectivity index (χ4n) is 2.95. The lowest BCUT2D eigenvalue weighted by Crippen LogP contribution is -2.25. The molecule has 0 saturated carbocycles. The van der Waals surface area contributed by atoms with Crippen molar-refractivity contribution in [2.45, 2.75) is 33.3 Å². The van der Waals surface area contributed by atoms with Crippen LogP contribution in [-0.4, -0.2) is 24.8 Å². The normalized spacial score (nSPS) is 15.9. The molecule has 2 aromatic rings. The Bertz CT molecular complexity index is 1120.